The number of hydrogen-bond acceptors (Lipinski definition) is 17. The minimum absolute atomic E-state index is 0.224. The van der Waals surface area contributed by atoms with Gasteiger partial charge in [0.1, 0.15) is 12.2 Å². The highest BCUT2D eigenvalue weighted by Gasteiger charge is 2.29. The van der Waals surface area contributed by atoms with Gasteiger partial charge in [-0.25, -0.2) is 24.2 Å². The first-order valence-electron chi connectivity index (χ1n) is 9.70. The highest BCUT2D eigenvalue weighted by Crippen LogP contribution is 2.79. The van der Waals surface area contributed by atoms with Crippen molar-refractivity contribution in [2.24, 2.45) is 13.5 Å². The van der Waals surface area contributed by atoms with Crippen LogP contribution in [0.25, 0.3) is 0 Å². The van der Waals surface area contributed by atoms with Gasteiger partial charge in [0.25, 0.3) is 0 Å². The molecule has 0 saturated carbocycles. The van der Waals surface area contributed by atoms with E-state index in [9.17, 15) is 0 Å². The molecule has 35 heavy (non-hydrogen) atoms. The molecule has 2 aromatic heterocycles. The zero-order valence-corrected chi connectivity index (χ0v) is 25.9. The van der Waals surface area contributed by atoms with Crippen molar-refractivity contribution in [2.45, 2.75) is 17.2 Å². The van der Waals surface area contributed by atoms with Gasteiger partial charge in [-0.15, -0.1) is 37.5 Å². The minimum Gasteiger partial charge on any atom is -0.342 e. The van der Waals surface area contributed by atoms with Gasteiger partial charge < -0.3 is 21.3 Å². The summed E-state index contributed by atoms with van der Waals surface area (Å²) >= 11 is 22.6. The van der Waals surface area contributed by atoms with E-state index in [0.29, 0.717) is 35.5 Å². The Morgan fingerprint density at radius 2 is 1.14 bits per heavy atom. The highest BCUT2D eigenvalue weighted by atomic mass is 32.7. The van der Waals surface area contributed by atoms with E-state index in [-0.39, 0.29) is 18.5 Å². The van der Waals surface area contributed by atoms with Gasteiger partial charge in [0.15, 0.2) is 23.4 Å². The predicted octanol–water partition coefficient (Wildman–Crippen LogP) is 3.51. The molecule has 1 aliphatic heterocycles. The molecule has 0 fully saturated rings. The molecule has 3 rings (SSSR count). The van der Waals surface area contributed by atoms with Crippen LogP contribution >= 0.6 is 81.5 Å². The molecule has 0 amide bonds. The monoisotopic (exact) mass is 633 g/mol. The normalized spacial score (nSPS) is 25.7. The van der Waals surface area contributed by atoms with E-state index in [4.69, 9.17) is 33.5 Å². The fourth-order valence-electron chi connectivity index (χ4n) is 2.51. The fraction of sp³-hybridized carbons (Fsp3) is 0.500. The van der Waals surface area contributed by atoms with Crippen LogP contribution in [0.1, 0.15) is 5.82 Å². The summed E-state index contributed by atoms with van der Waals surface area (Å²) in [5, 5.41) is 19.1. The van der Waals surface area contributed by atoms with Crippen molar-refractivity contribution in [2.75, 3.05) is 49.7 Å². The van der Waals surface area contributed by atoms with Crippen LogP contribution in [-0.2, 0) is 0 Å². The lowest BCUT2D eigenvalue weighted by Gasteiger charge is -2.29. The Morgan fingerprint density at radius 1 is 0.657 bits per heavy atom. The molecule has 2 aromatic rings. The van der Waals surface area contributed by atoms with Gasteiger partial charge in [0.05, 0.1) is 20.0 Å². The topological polar surface area (TPSA) is 187 Å². The molecular weight excluding hydrogens is 607 g/mol. The third-order valence-corrected chi connectivity index (χ3v) is 17.1. The van der Waals surface area contributed by atoms with Crippen LogP contribution in [0.5, 0.6) is 0 Å². The van der Waals surface area contributed by atoms with Crippen LogP contribution < -0.4 is 31.4 Å². The van der Waals surface area contributed by atoms with Gasteiger partial charge in [-0.2, -0.15) is 29.4 Å². The molecule has 23 heteroatoms. The van der Waals surface area contributed by atoms with Gasteiger partial charge in [-0.1, -0.05) is 24.5 Å². The average molecular weight is 634 g/mol. The van der Waals surface area contributed by atoms with Crippen LogP contribution in [0, 0.1) is 6.92 Å². The molecule has 3 atom stereocenters. The van der Waals surface area contributed by atoms with Crippen LogP contribution in [0.15, 0.2) is 23.9 Å². The van der Waals surface area contributed by atoms with E-state index >= 15 is 0 Å². The van der Waals surface area contributed by atoms with Crippen molar-refractivity contribution < 1.29 is 0 Å². The standard InChI is InChI=1S/C12H26N15P3S5/c1-7-19-8(22-11(31)20-7)15-5-17-29(34)25-28(3,33)26-30(35,27-29)18-6-16-10-21-9(14-4-13-2)23-12(32)24-10/h13,17-18,33-35H,4-6H2,1-3H3,(H2,15,19,20,22,31)(H3,14,16,21,23,24,32). The lowest BCUT2D eigenvalue weighted by Crippen LogP contribution is -2.22. The van der Waals surface area contributed by atoms with E-state index in [1.165, 1.54) is 0 Å². The molecule has 6 N–H and O–H groups in total. The molecule has 194 valence electrons. The Balaban J connectivity index is 1.68. The van der Waals surface area contributed by atoms with E-state index in [2.05, 4.69) is 103 Å². The largest absolute Gasteiger partial charge is 0.342 e. The third kappa shape index (κ3) is 9.52. The van der Waals surface area contributed by atoms with Crippen molar-refractivity contribution in [1.29, 1.82) is 0 Å². The van der Waals surface area contributed by atoms with Gasteiger partial charge in [-0.05, 0) is 20.6 Å². The maximum absolute atomic E-state index is 4.76. The van der Waals surface area contributed by atoms with Gasteiger partial charge in [-0.3, -0.25) is 0 Å². The van der Waals surface area contributed by atoms with E-state index < -0.39 is 19.5 Å². The number of aryl methyl sites for hydroxylation is 1. The number of thiol groups is 5. The average Bonchev–Trinajstić information content (AvgIpc) is 2.69. The van der Waals surface area contributed by atoms with E-state index in [1.807, 2.05) is 6.66 Å². The maximum atomic E-state index is 4.76. The summed E-state index contributed by atoms with van der Waals surface area (Å²) < 4.78 is 14.1. The van der Waals surface area contributed by atoms with Crippen molar-refractivity contribution in [1.82, 2.24) is 45.4 Å². The van der Waals surface area contributed by atoms with Gasteiger partial charge >= 0.3 is 0 Å². The zero-order valence-electron chi connectivity index (χ0n) is 18.7. The number of aromatic nitrogens is 6. The molecule has 0 radical (unpaired) electrons. The van der Waals surface area contributed by atoms with Crippen molar-refractivity contribution in [3.8, 4) is 0 Å². The Bertz CT molecular complexity index is 1220. The molecule has 0 aliphatic carbocycles. The van der Waals surface area contributed by atoms with Crippen LogP contribution in [0.2, 0.25) is 0 Å². The van der Waals surface area contributed by atoms with Crippen LogP contribution in [0.3, 0.4) is 0 Å². The molecule has 1 aliphatic rings. The summed E-state index contributed by atoms with van der Waals surface area (Å²) in [6, 6.07) is 0. The number of nitrogens with one attached hydrogen (secondary N) is 6. The van der Waals surface area contributed by atoms with E-state index in [1.54, 1.807) is 14.0 Å². The maximum Gasteiger partial charge on any atom is 0.229 e. The second-order valence-electron chi connectivity index (χ2n) is 6.79. The fourth-order valence-corrected chi connectivity index (χ4v) is 20.2. The SMILES string of the molecule is CNCNc1nc(S)nc(NCNP2(S)=NP(S)(NCNc3nc(C)nc(S)n3)=NP(C)(S)=N2)n1. The summed E-state index contributed by atoms with van der Waals surface area (Å²) in [4.78, 5) is 24.9. The smallest absolute Gasteiger partial charge is 0.229 e. The lowest BCUT2D eigenvalue weighted by atomic mass is 10.7. The summed E-state index contributed by atoms with van der Waals surface area (Å²) in [5.74, 6) is 1.63. The quantitative estimate of drug-likeness (QED) is 0.0984. The second-order valence-corrected chi connectivity index (χ2v) is 20.0. The molecular formula is C12H26N15P3S5. The molecule has 0 spiro atoms. The minimum atomic E-state index is -2.69. The molecule has 0 saturated heterocycles. The lowest BCUT2D eigenvalue weighted by molar-refractivity contribution is 0.832. The first-order valence-corrected chi connectivity index (χ1v) is 19.6. The van der Waals surface area contributed by atoms with Crippen molar-refractivity contribution in [3.05, 3.63) is 5.82 Å². The molecule has 0 aromatic carbocycles. The number of hydrogen-bond donors (Lipinski definition) is 11. The van der Waals surface area contributed by atoms with Crippen LogP contribution in [0.4, 0.5) is 17.8 Å². The third-order valence-electron chi connectivity index (χ3n) is 3.70. The Morgan fingerprint density at radius 3 is 1.69 bits per heavy atom. The molecule has 15 nitrogen and oxygen atoms in total. The van der Waals surface area contributed by atoms with Gasteiger partial charge in [0.2, 0.25) is 17.8 Å². The Hall–Kier alpha value is -0.260. The summed E-state index contributed by atoms with van der Waals surface area (Å²) in [6.07, 6.45) is -2.36. The zero-order chi connectivity index (χ0) is 25.7. The number of nitrogens with zero attached hydrogens (tertiary/aromatic N) is 9. The Labute approximate surface area is 230 Å². The van der Waals surface area contributed by atoms with Crippen LogP contribution in [-0.4, -0.2) is 63.6 Å². The van der Waals surface area contributed by atoms with Gasteiger partial charge in [0, 0.05) is 0 Å². The Kier molecular flexibility index (Phi) is 10.5. The number of rotatable bonds is 11. The second kappa shape index (κ2) is 12.5. The van der Waals surface area contributed by atoms with Crippen molar-refractivity contribution >= 4 is 99.4 Å². The van der Waals surface area contributed by atoms with Crippen molar-refractivity contribution in [3.63, 3.8) is 0 Å². The summed E-state index contributed by atoms with van der Waals surface area (Å²) in [7, 11) is 1.80. The predicted molar refractivity (Wildman–Crippen MR) is 161 cm³/mol. The highest BCUT2D eigenvalue weighted by molar-refractivity contribution is 8.58. The molecule has 0 bridgehead atoms. The van der Waals surface area contributed by atoms with E-state index in [0.717, 1.165) is 0 Å². The summed E-state index contributed by atoms with van der Waals surface area (Å²) in [5.41, 5.74) is 0. The first-order chi connectivity index (χ1) is 16.4. The molecule has 3 unspecified atom stereocenters. The first kappa shape index (κ1) is 29.3. The number of anilines is 3. The molecule has 3 heterocycles. The summed E-state index contributed by atoms with van der Waals surface area (Å²) in [6.45, 7) is -0.792.